The molecule has 0 aromatic carbocycles. The van der Waals surface area contributed by atoms with E-state index in [1.165, 1.54) is 0 Å². The van der Waals surface area contributed by atoms with Crippen molar-refractivity contribution in [2.24, 2.45) is 5.41 Å². The largest absolute Gasteiger partial charge is 0.411 e. The summed E-state index contributed by atoms with van der Waals surface area (Å²) in [6.07, 6.45) is -18.3. The van der Waals surface area contributed by atoms with Crippen LogP contribution in [0.4, 0.5) is 52.7 Å². The van der Waals surface area contributed by atoms with Gasteiger partial charge in [-0.25, -0.2) is 0 Å². The predicted molar refractivity (Wildman–Crippen MR) is 113 cm³/mol. The summed E-state index contributed by atoms with van der Waals surface area (Å²) in [6.45, 7) is -11.3. The van der Waals surface area contributed by atoms with Crippen molar-refractivity contribution in [3.8, 4) is 0 Å². The number of rotatable bonds is 24. The van der Waals surface area contributed by atoms with Crippen LogP contribution in [-0.4, -0.2) is 130 Å². The van der Waals surface area contributed by atoms with Crippen molar-refractivity contribution < 1.29 is 90.6 Å². The molecule has 8 nitrogen and oxygen atoms in total. The molecule has 248 valence electrons. The van der Waals surface area contributed by atoms with Gasteiger partial charge in [0.2, 0.25) is 0 Å². The molecule has 0 unspecified atom stereocenters. The van der Waals surface area contributed by atoms with E-state index in [1.807, 2.05) is 0 Å². The second kappa shape index (κ2) is 19.9. The van der Waals surface area contributed by atoms with E-state index in [1.54, 1.807) is 0 Å². The average Bonchev–Trinajstić information content (AvgIpc) is 2.80. The standard InChI is InChI=1S/C21H32F12O8/c22-18(23,24)13-38-5-1-34-9-17(10-35-2-6-39-14-19(25,26)27,11-36-3-7-40-15-20(28,29)30)12-37-4-8-41-16-21(31,32)33/h1-16H2. The van der Waals surface area contributed by atoms with Crippen molar-refractivity contribution in [3.63, 3.8) is 0 Å². The summed E-state index contributed by atoms with van der Waals surface area (Å²) in [5, 5.41) is 0. The van der Waals surface area contributed by atoms with Crippen molar-refractivity contribution in [3.05, 3.63) is 0 Å². The predicted octanol–water partition coefficient (Wildman–Crippen LogP) is 4.35. The molecule has 0 bridgehead atoms. The minimum Gasteiger partial charge on any atom is -0.378 e. The van der Waals surface area contributed by atoms with Gasteiger partial charge in [-0.05, 0) is 0 Å². The second-order valence-electron chi connectivity index (χ2n) is 8.38. The zero-order valence-electron chi connectivity index (χ0n) is 21.6. The molecular formula is C21H32F12O8. The molecule has 0 saturated heterocycles. The van der Waals surface area contributed by atoms with E-state index in [0.717, 1.165) is 0 Å². The van der Waals surface area contributed by atoms with Crippen LogP contribution in [0.1, 0.15) is 0 Å². The maximum atomic E-state index is 12.2. The summed E-state index contributed by atoms with van der Waals surface area (Å²) in [7, 11) is 0. The van der Waals surface area contributed by atoms with Crippen LogP contribution < -0.4 is 0 Å². The molecule has 0 saturated carbocycles. The lowest BCUT2D eigenvalue weighted by Crippen LogP contribution is -2.43. The molecule has 0 radical (unpaired) electrons. The van der Waals surface area contributed by atoms with Gasteiger partial charge >= 0.3 is 24.7 Å². The molecule has 0 heterocycles. The molecule has 0 amide bonds. The topological polar surface area (TPSA) is 73.8 Å². The van der Waals surface area contributed by atoms with Crippen molar-refractivity contribution in [1.82, 2.24) is 0 Å². The Kier molecular flexibility index (Phi) is 19.4. The fourth-order valence-electron chi connectivity index (χ4n) is 2.63. The van der Waals surface area contributed by atoms with E-state index in [-0.39, 0.29) is 26.4 Å². The summed E-state index contributed by atoms with van der Waals surface area (Å²) in [6, 6.07) is 0. The highest BCUT2D eigenvalue weighted by Crippen LogP contribution is 2.22. The average molecular weight is 640 g/mol. The third-order valence-electron chi connectivity index (χ3n) is 4.18. The molecule has 0 aromatic heterocycles. The quantitative estimate of drug-likeness (QED) is 0.114. The fraction of sp³-hybridized carbons (Fsp3) is 1.00. The third kappa shape index (κ3) is 28.7. The van der Waals surface area contributed by atoms with Crippen LogP contribution in [0.25, 0.3) is 0 Å². The smallest absolute Gasteiger partial charge is 0.378 e. The van der Waals surface area contributed by atoms with Gasteiger partial charge in [-0.15, -0.1) is 0 Å². The van der Waals surface area contributed by atoms with Gasteiger partial charge in [0, 0.05) is 0 Å². The maximum Gasteiger partial charge on any atom is 0.411 e. The van der Waals surface area contributed by atoms with E-state index in [0.29, 0.717) is 0 Å². The lowest BCUT2D eigenvalue weighted by atomic mass is 9.92. The number of ether oxygens (including phenoxy) is 8. The fourth-order valence-corrected chi connectivity index (χ4v) is 2.63. The van der Waals surface area contributed by atoms with Crippen molar-refractivity contribution in [1.29, 1.82) is 0 Å². The highest BCUT2D eigenvalue weighted by Gasteiger charge is 2.34. The normalized spacial score (nSPS) is 13.8. The minimum atomic E-state index is -4.59. The molecule has 0 spiro atoms. The van der Waals surface area contributed by atoms with Gasteiger partial charge in [-0.3, -0.25) is 0 Å². The highest BCUT2D eigenvalue weighted by molar-refractivity contribution is 4.79. The molecule has 20 heteroatoms. The molecule has 0 rings (SSSR count). The van der Waals surface area contributed by atoms with Gasteiger partial charge in [0.05, 0.1) is 84.7 Å². The van der Waals surface area contributed by atoms with E-state index >= 15 is 0 Å². The van der Waals surface area contributed by atoms with Crippen molar-refractivity contribution in [2.75, 3.05) is 106 Å². The van der Waals surface area contributed by atoms with Crippen molar-refractivity contribution in [2.45, 2.75) is 24.7 Å². The van der Waals surface area contributed by atoms with Gasteiger partial charge in [-0.1, -0.05) is 0 Å². The summed E-state index contributed by atoms with van der Waals surface area (Å²) >= 11 is 0. The van der Waals surface area contributed by atoms with Gasteiger partial charge in [0.15, 0.2) is 0 Å². The number of hydrogen-bond acceptors (Lipinski definition) is 8. The van der Waals surface area contributed by atoms with E-state index in [9.17, 15) is 52.7 Å². The van der Waals surface area contributed by atoms with Crippen LogP contribution in [0, 0.1) is 5.41 Å². The first-order chi connectivity index (χ1) is 18.8. The van der Waals surface area contributed by atoms with E-state index in [4.69, 9.17) is 18.9 Å². The number of alkyl halides is 12. The molecule has 41 heavy (non-hydrogen) atoms. The molecule has 0 aliphatic carbocycles. The lowest BCUT2D eigenvalue weighted by Gasteiger charge is -2.33. The van der Waals surface area contributed by atoms with E-state index < -0.39 is 109 Å². The Balaban J connectivity index is 5.09. The molecule has 0 atom stereocenters. The molecule has 0 fully saturated rings. The lowest BCUT2D eigenvalue weighted by molar-refractivity contribution is -0.183. The van der Waals surface area contributed by atoms with Crippen LogP contribution in [0.2, 0.25) is 0 Å². The minimum absolute atomic E-state index is 0.379. The number of hydrogen-bond donors (Lipinski definition) is 0. The first kappa shape index (κ1) is 39.8. The first-order valence-electron chi connectivity index (χ1n) is 11.7. The Morgan fingerprint density at radius 2 is 0.390 bits per heavy atom. The maximum absolute atomic E-state index is 12.2. The van der Waals surface area contributed by atoms with Crippen LogP contribution in [0.5, 0.6) is 0 Å². The van der Waals surface area contributed by atoms with Crippen LogP contribution in [0.3, 0.4) is 0 Å². The van der Waals surface area contributed by atoms with Crippen LogP contribution in [-0.2, 0) is 37.9 Å². The van der Waals surface area contributed by atoms with Gasteiger partial charge in [0.1, 0.15) is 26.4 Å². The Bertz CT molecular complexity index is 532. The Hall–Kier alpha value is -1.16. The summed E-state index contributed by atoms with van der Waals surface area (Å²) in [5.74, 6) is 0. The molecule has 0 aromatic rings. The van der Waals surface area contributed by atoms with Crippen LogP contribution >= 0.6 is 0 Å². The zero-order valence-corrected chi connectivity index (χ0v) is 21.6. The van der Waals surface area contributed by atoms with E-state index in [2.05, 4.69) is 18.9 Å². The zero-order chi connectivity index (χ0) is 31.5. The molecule has 0 aliphatic rings. The van der Waals surface area contributed by atoms with Crippen LogP contribution in [0.15, 0.2) is 0 Å². The Labute approximate surface area is 227 Å². The Morgan fingerprint density at radius 1 is 0.244 bits per heavy atom. The van der Waals surface area contributed by atoms with Gasteiger partial charge in [-0.2, -0.15) is 52.7 Å². The molecular weight excluding hydrogens is 608 g/mol. The summed E-state index contributed by atoms with van der Waals surface area (Å²) < 4.78 is 185. The molecule has 0 aliphatic heterocycles. The highest BCUT2D eigenvalue weighted by atomic mass is 19.4. The van der Waals surface area contributed by atoms with Crippen molar-refractivity contribution >= 4 is 0 Å². The van der Waals surface area contributed by atoms with Gasteiger partial charge in [0.25, 0.3) is 0 Å². The van der Waals surface area contributed by atoms with Gasteiger partial charge < -0.3 is 37.9 Å². The summed E-state index contributed by atoms with van der Waals surface area (Å²) in [5.41, 5.74) is -1.37. The third-order valence-corrected chi connectivity index (χ3v) is 4.18. The number of halogens is 12. The Morgan fingerprint density at radius 3 is 0.537 bits per heavy atom. The summed E-state index contributed by atoms with van der Waals surface area (Å²) in [4.78, 5) is 0. The monoisotopic (exact) mass is 640 g/mol. The second-order valence-corrected chi connectivity index (χ2v) is 8.38. The SMILES string of the molecule is FC(F)(F)COCCOCC(COCCOCC(F)(F)F)(COCCOCC(F)(F)F)COCCOCC(F)(F)F. The molecule has 0 N–H and O–H groups in total. The first-order valence-corrected chi connectivity index (χ1v) is 11.7.